The number of nitrogens with two attached hydrogens (primary N) is 1. The van der Waals surface area contributed by atoms with Gasteiger partial charge in [-0.3, -0.25) is 10.1 Å². The fraction of sp³-hybridized carbons (Fsp3) is 0.143. The molecule has 0 radical (unpaired) electrons. The number of thiophene rings is 1. The maximum Gasteiger partial charge on any atom is 0.324 e. The van der Waals surface area contributed by atoms with Gasteiger partial charge in [0, 0.05) is 10.9 Å². The van der Waals surface area contributed by atoms with Crippen LogP contribution in [0.25, 0.3) is 0 Å². The highest BCUT2D eigenvalue weighted by Gasteiger charge is 2.12. The van der Waals surface area contributed by atoms with Gasteiger partial charge >= 0.3 is 5.00 Å². The lowest BCUT2D eigenvalue weighted by Crippen LogP contribution is -2.03. The third-order valence-corrected chi connectivity index (χ3v) is 2.51. The number of rotatable bonds is 3. The SMILES string of the molecule is C=CC(N)c1ccc([N+](=O)[O-])s1. The Balaban J connectivity index is 2.91. The van der Waals surface area contributed by atoms with Crippen LogP contribution in [-0.4, -0.2) is 4.92 Å². The molecule has 12 heavy (non-hydrogen) atoms. The van der Waals surface area contributed by atoms with Gasteiger partial charge < -0.3 is 5.73 Å². The second-order valence-corrected chi connectivity index (χ2v) is 3.29. The highest BCUT2D eigenvalue weighted by atomic mass is 32.1. The molecular weight excluding hydrogens is 176 g/mol. The van der Waals surface area contributed by atoms with Crippen molar-refractivity contribution in [2.75, 3.05) is 0 Å². The monoisotopic (exact) mass is 184 g/mol. The van der Waals surface area contributed by atoms with Crippen LogP contribution in [0.4, 0.5) is 5.00 Å². The molecule has 1 rings (SSSR count). The molecule has 0 saturated heterocycles. The summed E-state index contributed by atoms with van der Waals surface area (Å²) in [5.41, 5.74) is 5.58. The molecule has 0 aromatic carbocycles. The van der Waals surface area contributed by atoms with Crippen LogP contribution in [0.2, 0.25) is 0 Å². The first kappa shape index (κ1) is 8.89. The Bertz CT molecular complexity index is 308. The summed E-state index contributed by atoms with van der Waals surface area (Å²) in [5.74, 6) is 0. The summed E-state index contributed by atoms with van der Waals surface area (Å²) in [6.45, 7) is 3.50. The van der Waals surface area contributed by atoms with Gasteiger partial charge in [0.15, 0.2) is 0 Å². The van der Waals surface area contributed by atoms with Crippen molar-refractivity contribution in [3.63, 3.8) is 0 Å². The molecule has 1 aromatic heterocycles. The van der Waals surface area contributed by atoms with Gasteiger partial charge in [-0.15, -0.1) is 6.58 Å². The van der Waals surface area contributed by atoms with Gasteiger partial charge in [-0.25, -0.2) is 0 Å². The van der Waals surface area contributed by atoms with Crippen molar-refractivity contribution in [2.24, 2.45) is 5.73 Å². The number of nitrogens with zero attached hydrogens (tertiary/aromatic N) is 1. The van der Waals surface area contributed by atoms with Crippen LogP contribution < -0.4 is 5.73 Å². The summed E-state index contributed by atoms with van der Waals surface area (Å²) < 4.78 is 0. The van der Waals surface area contributed by atoms with Crippen molar-refractivity contribution >= 4 is 16.3 Å². The Morgan fingerprint density at radius 3 is 2.83 bits per heavy atom. The number of nitro groups is 1. The molecule has 2 N–H and O–H groups in total. The van der Waals surface area contributed by atoms with E-state index in [1.165, 1.54) is 6.07 Å². The predicted molar refractivity (Wildman–Crippen MR) is 48.1 cm³/mol. The molecule has 4 nitrogen and oxygen atoms in total. The van der Waals surface area contributed by atoms with E-state index in [-0.39, 0.29) is 11.0 Å². The molecule has 0 fully saturated rings. The van der Waals surface area contributed by atoms with E-state index in [0.717, 1.165) is 16.2 Å². The first-order valence-electron chi connectivity index (χ1n) is 3.27. The molecule has 1 heterocycles. The van der Waals surface area contributed by atoms with Gasteiger partial charge in [-0.1, -0.05) is 17.4 Å². The fourth-order valence-corrected chi connectivity index (χ4v) is 1.56. The highest BCUT2D eigenvalue weighted by molar-refractivity contribution is 7.15. The lowest BCUT2D eigenvalue weighted by atomic mass is 10.2. The topological polar surface area (TPSA) is 69.2 Å². The van der Waals surface area contributed by atoms with Gasteiger partial charge in [0.05, 0.1) is 11.0 Å². The van der Waals surface area contributed by atoms with E-state index in [1.807, 2.05) is 0 Å². The van der Waals surface area contributed by atoms with Crippen LogP contribution in [0, 0.1) is 10.1 Å². The quantitative estimate of drug-likeness (QED) is 0.442. The summed E-state index contributed by atoms with van der Waals surface area (Å²) in [6.07, 6.45) is 1.55. The molecule has 1 aromatic rings. The van der Waals surface area contributed by atoms with Crippen LogP contribution in [-0.2, 0) is 0 Å². The molecule has 0 aliphatic heterocycles. The lowest BCUT2D eigenvalue weighted by Gasteiger charge is -1.98. The molecule has 1 unspecified atom stereocenters. The zero-order chi connectivity index (χ0) is 9.14. The van der Waals surface area contributed by atoms with E-state index in [1.54, 1.807) is 12.1 Å². The minimum absolute atomic E-state index is 0.113. The van der Waals surface area contributed by atoms with E-state index in [4.69, 9.17) is 5.73 Å². The summed E-state index contributed by atoms with van der Waals surface area (Å²) in [6, 6.07) is 2.79. The van der Waals surface area contributed by atoms with Crippen molar-refractivity contribution in [1.29, 1.82) is 0 Å². The molecule has 0 aliphatic rings. The highest BCUT2D eigenvalue weighted by Crippen LogP contribution is 2.27. The van der Waals surface area contributed by atoms with Crippen LogP contribution >= 0.6 is 11.3 Å². The molecular formula is C7H8N2O2S. The van der Waals surface area contributed by atoms with Gasteiger partial charge in [0.2, 0.25) is 0 Å². The Morgan fingerprint density at radius 1 is 1.75 bits per heavy atom. The van der Waals surface area contributed by atoms with E-state index >= 15 is 0 Å². The van der Waals surface area contributed by atoms with Crippen molar-refractivity contribution < 1.29 is 4.92 Å². The Hall–Kier alpha value is -1.20. The summed E-state index contributed by atoms with van der Waals surface area (Å²) in [7, 11) is 0. The molecule has 0 aliphatic carbocycles. The Labute approximate surface area is 73.5 Å². The second-order valence-electron chi connectivity index (χ2n) is 2.19. The maximum absolute atomic E-state index is 10.3. The standard InChI is InChI=1S/C7H8N2O2S/c1-2-5(8)6-3-4-7(12-6)9(10)11/h2-5H,1,8H2. The third kappa shape index (κ3) is 1.69. The first-order chi connectivity index (χ1) is 5.65. The minimum Gasteiger partial charge on any atom is -0.320 e. The lowest BCUT2D eigenvalue weighted by molar-refractivity contribution is -0.380. The first-order valence-corrected chi connectivity index (χ1v) is 4.09. The Kier molecular flexibility index (Phi) is 2.57. The van der Waals surface area contributed by atoms with Gasteiger partial charge in [-0.05, 0) is 6.07 Å². The van der Waals surface area contributed by atoms with Crippen molar-refractivity contribution in [3.8, 4) is 0 Å². The molecule has 0 bridgehead atoms. The van der Waals surface area contributed by atoms with Crippen LogP contribution in [0.15, 0.2) is 24.8 Å². The molecule has 1 atom stereocenters. The van der Waals surface area contributed by atoms with Crippen LogP contribution in [0.5, 0.6) is 0 Å². The molecule has 0 amide bonds. The number of hydrogen-bond acceptors (Lipinski definition) is 4. The van der Waals surface area contributed by atoms with Crippen LogP contribution in [0.3, 0.4) is 0 Å². The van der Waals surface area contributed by atoms with E-state index in [0.29, 0.717) is 0 Å². The van der Waals surface area contributed by atoms with Gasteiger partial charge in [0.25, 0.3) is 0 Å². The number of hydrogen-bond donors (Lipinski definition) is 1. The third-order valence-electron chi connectivity index (χ3n) is 1.38. The van der Waals surface area contributed by atoms with E-state index in [9.17, 15) is 10.1 Å². The van der Waals surface area contributed by atoms with E-state index < -0.39 is 4.92 Å². The average Bonchev–Trinajstić information content (AvgIpc) is 2.51. The second kappa shape index (κ2) is 3.46. The van der Waals surface area contributed by atoms with Crippen LogP contribution in [0.1, 0.15) is 10.9 Å². The molecule has 0 saturated carbocycles. The maximum atomic E-state index is 10.3. The van der Waals surface area contributed by atoms with Crippen molar-refractivity contribution in [3.05, 3.63) is 39.8 Å². The van der Waals surface area contributed by atoms with Gasteiger partial charge in [0.1, 0.15) is 0 Å². The zero-order valence-electron chi connectivity index (χ0n) is 6.27. The van der Waals surface area contributed by atoms with E-state index in [2.05, 4.69) is 6.58 Å². The van der Waals surface area contributed by atoms with Crippen molar-refractivity contribution in [1.82, 2.24) is 0 Å². The summed E-state index contributed by atoms with van der Waals surface area (Å²) >= 11 is 1.08. The fourth-order valence-electron chi connectivity index (χ4n) is 0.736. The largest absolute Gasteiger partial charge is 0.324 e. The van der Waals surface area contributed by atoms with Crippen molar-refractivity contribution in [2.45, 2.75) is 6.04 Å². The smallest absolute Gasteiger partial charge is 0.320 e. The summed E-state index contributed by atoms with van der Waals surface area (Å²) in [5, 5.41) is 10.4. The average molecular weight is 184 g/mol. The predicted octanol–water partition coefficient (Wildman–Crippen LogP) is 1.84. The molecule has 0 spiro atoms. The molecule has 64 valence electrons. The zero-order valence-corrected chi connectivity index (χ0v) is 7.08. The molecule has 5 heteroatoms. The summed E-state index contributed by atoms with van der Waals surface area (Å²) in [4.78, 5) is 10.6. The minimum atomic E-state index is -0.427. The van der Waals surface area contributed by atoms with Gasteiger partial charge in [-0.2, -0.15) is 0 Å². The Morgan fingerprint density at radius 2 is 2.42 bits per heavy atom. The normalized spacial score (nSPS) is 12.4.